The van der Waals surface area contributed by atoms with E-state index in [9.17, 15) is 5.11 Å². The van der Waals surface area contributed by atoms with Crippen molar-refractivity contribution in [2.24, 2.45) is 10.9 Å². The average Bonchev–Trinajstić information content (AvgIpc) is 2.78. The molecule has 6 heteroatoms. The predicted molar refractivity (Wildman–Crippen MR) is 75.6 cm³/mol. The van der Waals surface area contributed by atoms with Gasteiger partial charge in [-0.2, -0.15) is 0 Å². The SMILES string of the molecule is CC1OCCC1(O)CNCc1cccc(/C(N)=N/O)c1. The van der Waals surface area contributed by atoms with Gasteiger partial charge in [-0.25, -0.2) is 0 Å². The van der Waals surface area contributed by atoms with Gasteiger partial charge in [-0.1, -0.05) is 23.4 Å². The van der Waals surface area contributed by atoms with Gasteiger partial charge in [-0.05, 0) is 18.6 Å². The van der Waals surface area contributed by atoms with Crippen LogP contribution in [0.1, 0.15) is 24.5 Å². The molecule has 0 spiro atoms. The molecule has 0 aromatic heterocycles. The topological polar surface area (TPSA) is 100 Å². The molecule has 0 saturated carbocycles. The summed E-state index contributed by atoms with van der Waals surface area (Å²) in [5.41, 5.74) is 6.42. The van der Waals surface area contributed by atoms with Crippen LogP contribution in [0.4, 0.5) is 0 Å². The summed E-state index contributed by atoms with van der Waals surface area (Å²) in [5, 5.41) is 25.2. The fraction of sp³-hybridized carbons (Fsp3) is 0.500. The third-order valence-electron chi connectivity index (χ3n) is 3.75. The van der Waals surface area contributed by atoms with E-state index in [0.29, 0.717) is 31.7 Å². The van der Waals surface area contributed by atoms with Gasteiger partial charge in [0.25, 0.3) is 0 Å². The van der Waals surface area contributed by atoms with Crippen LogP contribution in [-0.2, 0) is 11.3 Å². The van der Waals surface area contributed by atoms with Crippen LogP contribution in [0.3, 0.4) is 0 Å². The minimum absolute atomic E-state index is 0.0864. The zero-order chi connectivity index (χ0) is 14.6. The first kappa shape index (κ1) is 14.8. The van der Waals surface area contributed by atoms with E-state index < -0.39 is 5.60 Å². The van der Waals surface area contributed by atoms with Gasteiger partial charge < -0.3 is 26.1 Å². The van der Waals surface area contributed by atoms with Crippen LogP contribution in [0.2, 0.25) is 0 Å². The molecule has 0 bridgehead atoms. The number of rotatable bonds is 5. The molecule has 110 valence electrons. The highest BCUT2D eigenvalue weighted by atomic mass is 16.5. The Morgan fingerprint density at radius 1 is 1.60 bits per heavy atom. The lowest BCUT2D eigenvalue weighted by molar-refractivity contribution is -0.0262. The van der Waals surface area contributed by atoms with Gasteiger partial charge in [-0.3, -0.25) is 0 Å². The fourth-order valence-corrected chi connectivity index (χ4v) is 2.32. The monoisotopic (exact) mass is 279 g/mol. The maximum Gasteiger partial charge on any atom is 0.170 e. The predicted octanol–water partition coefficient (Wildman–Crippen LogP) is 0.411. The highest BCUT2D eigenvalue weighted by Crippen LogP contribution is 2.24. The Labute approximate surface area is 118 Å². The first-order chi connectivity index (χ1) is 9.55. The molecular weight excluding hydrogens is 258 g/mol. The molecule has 2 atom stereocenters. The number of oxime groups is 1. The quantitative estimate of drug-likeness (QED) is 0.271. The van der Waals surface area contributed by atoms with E-state index in [0.717, 1.165) is 5.56 Å². The van der Waals surface area contributed by atoms with Gasteiger partial charge in [0.15, 0.2) is 5.84 Å². The van der Waals surface area contributed by atoms with E-state index in [2.05, 4.69) is 10.5 Å². The lowest BCUT2D eigenvalue weighted by Gasteiger charge is -2.26. The molecule has 1 fully saturated rings. The maximum atomic E-state index is 10.4. The number of aliphatic hydroxyl groups is 1. The third kappa shape index (κ3) is 3.27. The molecule has 1 aliphatic heterocycles. The van der Waals surface area contributed by atoms with Crippen molar-refractivity contribution in [2.45, 2.75) is 31.6 Å². The molecule has 6 nitrogen and oxygen atoms in total. The summed E-state index contributed by atoms with van der Waals surface area (Å²) in [5.74, 6) is 0.0864. The Kier molecular flexibility index (Phi) is 4.59. The minimum atomic E-state index is -0.802. The number of amidine groups is 1. The maximum absolute atomic E-state index is 10.4. The van der Waals surface area contributed by atoms with E-state index in [4.69, 9.17) is 15.7 Å². The normalized spacial score (nSPS) is 26.9. The van der Waals surface area contributed by atoms with Crippen LogP contribution in [0.5, 0.6) is 0 Å². The summed E-state index contributed by atoms with van der Waals surface area (Å²) >= 11 is 0. The van der Waals surface area contributed by atoms with E-state index >= 15 is 0 Å². The number of nitrogens with zero attached hydrogens (tertiary/aromatic N) is 1. The fourth-order valence-electron chi connectivity index (χ4n) is 2.32. The zero-order valence-corrected chi connectivity index (χ0v) is 11.5. The molecule has 2 rings (SSSR count). The highest BCUT2D eigenvalue weighted by molar-refractivity contribution is 5.97. The minimum Gasteiger partial charge on any atom is -0.409 e. The number of hydrogen-bond acceptors (Lipinski definition) is 5. The van der Waals surface area contributed by atoms with E-state index in [1.807, 2.05) is 25.1 Å². The van der Waals surface area contributed by atoms with E-state index in [1.54, 1.807) is 6.07 Å². The first-order valence-corrected chi connectivity index (χ1v) is 6.67. The molecule has 0 radical (unpaired) electrons. The summed E-state index contributed by atoms with van der Waals surface area (Å²) < 4.78 is 5.39. The molecule has 2 unspecified atom stereocenters. The van der Waals surface area contributed by atoms with Gasteiger partial charge in [0.1, 0.15) is 5.60 Å². The van der Waals surface area contributed by atoms with Crippen molar-refractivity contribution in [3.8, 4) is 0 Å². The molecule has 1 saturated heterocycles. The number of benzene rings is 1. The smallest absolute Gasteiger partial charge is 0.170 e. The van der Waals surface area contributed by atoms with Crippen LogP contribution in [0.25, 0.3) is 0 Å². The molecule has 1 aromatic carbocycles. The Balaban J connectivity index is 1.91. The standard InChI is InChI=1S/C14H21N3O3/c1-10-14(18,5-6-20-10)9-16-8-11-3-2-4-12(7-11)13(15)17-19/h2-4,7,10,16,18-19H,5-6,8-9H2,1H3,(H2,15,17). The van der Waals surface area contributed by atoms with Crippen LogP contribution in [0.15, 0.2) is 29.4 Å². The second kappa shape index (κ2) is 6.21. The summed E-state index contributed by atoms with van der Waals surface area (Å²) in [4.78, 5) is 0. The van der Waals surface area contributed by atoms with Crippen molar-refractivity contribution in [1.29, 1.82) is 0 Å². The summed E-state index contributed by atoms with van der Waals surface area (Å²) in [6.45, 7) is 3.55. The van der Waals surface area contributed by atoms with Crippen molar-refractivity contribution in [3.05, 3.63) is 35.4 Å². The lowest BCUT2D eigenvalue weighted by atomic mass is 9.96. The van der Waals surface area contributed by atoms with Gasteiger partial charge in [0, 0.05) is 31.7 Å². The van der Waals surface area contributed by atoms with Crippen molar-refractivity contribution in [3.63, 3.8) is 0 Å². The van der Waals surface area contributed by atoms with E-state index in [1.165, 1.54) is 0 Å². The van der Waals surface area contributed by atoms with E-state index in [-0.39, 0.29) is 11.9 Å². The summed E-state index contributed by atoms with van der Waals surface area (Å²) in [6, 6.07) is 7.42. The van der Waals surface area contributed by atoms with Crippen molar-refractivity contribution in [1.82, 2.24) is 5.32 Å². The zero-order valence-electron chi connectivity index (χ0n) is 11.5. The molecular formula is C14H21N3O3. The van der Waals surface area contributed by atoms with Crippen LogP contribution >= 0.6 is 0 Å². The third-order valence-corrected chi connectivity index (χ3v) is 3.75. The second-order valence-corrected chi connectivity index (χ2v) is 5.16. The van der Waals surface area contributed by atoms with Crippen molar-refractivity contribution < 1.29 is 15.1 Å². The number of nitrogens with two attached hydrogens (primary N) is 1. The Hall–Kier alpha value is -1.63. The molecule has 20 heavy (non-hydrogen) atoms. The molecule has 1 aromatic rings. The number of hydrogen-bond donors (Lipinski definition) is 4. The highest BCUT2D eigenvalue weighted by Gasteiger charge is 2.38. The molecule has 0 amide bonds. The van der Waals surface area contributed by atoms with Crippen molar-refractivity contribution >= 4 is 5.84 Å². The summed E-state index contributed by atoms with van der Waals surface area (Å²) in [7, 11) is 0. The molecule has 0 aliphatic carbocycles. The van der Waals surface area contributed by atoms with Gasteiger partial charge >= 0.3 is 0 Å². The van der Waals surface area contributed by atoms with Crippen LogP contribution in [0, 0.1) is 0 Å². The van der Waals surface area contributed by atoms with Gasteiger partial charge in [-0.15, -0.1) is 0 Å². The molecule has 1 heterocycles. The Morgan fingerprint density at radius 2 is 2.40 bits per heavy atom. The largest absolute Gasteiger partial charge is 0.409 e. The van der Waals surface area contributed by atoms with Gasteiger partial charge in [0.05, 0.1) is 6.10 Å². The Morgan fingerprint density at radius 3 is 3.05 bits per heavy atom. The molecule has 5 N–H and O–H groups in total. The van der Waals surface area contributed by atoms with Crippen LogP contribution < -0.4 is 11.1 Å². The lowest BCUT2D eigenvalue weighted by Crippen LogP contribution is -2.45. The Bertz CT molecular complexity index is 492. The van der Waals surface area contributed by atoms with Crippen LogP contribution in [-0.4, -0.2) is 41.0 Å². The number of ether oxygens (including phenoxy) is 1. The molecule has 1 aliphatic rings. The number of nitrogens with one attached hydrogen (secondary N) is 1. The summed E-state index contributed by atoms with van der Waals surface area (Å²) in [6.07, 6.45) is 0.490. The van der Waals surface area contributed by atoms with Gasteiger partial charge in [0.2, 0.25) is 0 Å². The first-order valence-electron chi connectivity index (χ1n) is 6.67. The average molecular weight is 279 g/mol. The second-order valence-electron chi connectivity index (χ2n) is 5.16. The van der Waals surface area contributed by atoms with Crippen molar-refractivity contribution in [2.75, 3.05) is 13.2 Å².